The van der Waals surface area contributed by atoms with E-state index in [0.717, 1.165) is 31.1 Å². The first-order valence-electron chi connectivity index (χ1n) is 12.6. The summed E-state index contributed by atoms with van der Waals surface area (Å²) in [4.78, 5) is 17.7. The van der Waals surface area contributed by atoms with Gasteiger partial charge in [-0.25, -0.2) is 8.42 Å². The maximum atomic E-state index is 13.2. The smallest absolute Gasteiger partial charge is 0.243 e. The van der Waals surface area contributed by atoms with E-state index < -0.39 is 10.0 Å². The number of sulfonamides is 1. The second-order valence-electron chi connectivity index (χ2n) is 9.37. The zero-order valence-corrected chi connectivity index (χ0v) is 21.4. The Kier molecular flexibility index (Phi) is 7.36. The van der Waals surface area contributed by atoms with E-state index in [2.05, 4.69) is 11.0 Å². The lowest BCUT2D eigenvalue weighted by molar-refractivity contribution is -0.138. The molecule has 194 valence electrons. The molecule has 36 heavy (non-hydrogen) atoms. The highest BCUT2D eigenvalue weighted by Gasteiger charge is 2.34. The minimum absolute atomic E-state index is 0.128. The molecule has 9 nitrogen and oxygen atoms in total. The molecule has 0 N–H and O–H groups in total. The van der Waals surface area contributed by atoms with E-state index in [1.54, 1.807) is 24.3 Å². The van der Waals surface area contributed by atoms with Crippen molar-refractivity contribution in [1.82, 2.24) is 14.1 Å². The van der Waals surface area contributed by atoms with Crippen molar-refractivity contribution in [3.63, 3.8) is 0 Å². The number of fused-ring (bicyclic) bond motifs is 1. The van der Waals surface area contributed by atoms with E-state index in [1.165, 1.54) is 9.87 Å². The minimum atomic E-state index is -3.58. The van der Waals surface area contributed by atoms with Crippen LogP contribution in [0, 0.1) is 5.92 Å². The van der Waals surface area contributed by atoms with Crippen molar-refractivity contribution in [2.24, 2.45) is 5.92 Å². The van der Waals surface area contributed by atoms with Crippen molar-refractivity contribution in [3.8, 4) is 17.2 Å². The molecule has 2 aromatic carbocycles. The maximum Gasteiger partial charge on any atom is 0.243 e. The van der Waals surface area contributed by atoms with Gasteiger partial charge in [-0.2, -0.15) is 4.31 Å². The van der Waals surface area contributed by atoms with Crippen molar-refractivity contribution >= 4 is 15.9 Å². The van der Waals surface area contributed by atoms with Crippen LogP contribution in [0.1, 0.15) is 25.3 Å². The lowest BCUT2D eigenvalue weighted by atomic mass is 9.96. The van der Waals surface area contributed by atoms with Crippen molar-refractivity contribution in [3.05, 3.63) is 48.0 Å². The molecule has 0 atom stereocenters. The van der Waals surface area contributed by atoms with Gasteiger partial charge in [-0.1, -0.05) is 6.07 Å². The molecule has 3 aliphatic rings. The summed E-state index contributed by atoms with van der Waals surface area (Å²) in [5.41, 5.74) is 1.17. The number of hydrogen-bond donors (Lipinski definition) is 0. The Morgan fingerprint density at radius 3 is 2.33 bits per heavy atom. The third-order valence-electron chi connectivity index (χ3n) is 7.10. The summed E-state index contributed by atoms with van der Waals surface area (Å²) in [5.74, 6) is 2.24. The van der Waals surface area contributed by atoms with Gasteiger partial charge in [0.15, 0.2) is 11.5 Å². The Morgan fingerprint density at radius 2 is 1.64 bits per heavy atom. The summed E-state index contributed by atoms with van der Waals surface area (Å²) in [7, 11) is -3.58. The maximum absolute atomic E-state index is 13.2. The van der Waals surface area contributed by atoms with Gasteiger partial charge in [0.1, 0.15) is 5.75 Å². The summed E-state index contributed by atoms with van der Waals surface area (Å²) < 4.78 is 43.9. The highest BCUT2D eigenvalue weighted by molar-refractivity contribution is 7.89. The molecule has 10 heteroatoms. The van der Waals surface area contributed by atoms with E-state index >= 15 is 0 Å². The number of carbonyl (C=O) groups is 1. The van der Waals surface area contributed by atoms with Gasteiger partial charge in [-0.05, 0) is 61.7 Å². The van der Waals surface area contributed by atoms with Crippen LogP contribution in [0.3, 0.4) is 0 Å². The van der Waals surface area contributed by atoms with E-state index in [0.29, 0.717) is 51.4 Å². The molecule has 2 aromatic rings. The van der Waals surface area contributed by atoms with Gasteiger partial charge in [0.05, 0.1) is 11.5 Å². The number of piperidine rings is 1. The molecule has 5 rings (SSSR count). The Labute approximate surface area is 212 Å². The van der Waals surface area contributed by atoms with Gasteiger partial charge in [-0.3, -0.25) is 9.69 Å². The molecule has 1 amide bonds. The fourth-order valence-electron chi connectivity index (χ4n) is 5.05. The zero-order valence-electron chi connectivity index (χ0n) is 20.6. The molecular weight excluding hydrogens is 482 g/mol. The molecular formula is C26H33N3O6S. The SMILES string of the molecule is CCOc1ccc(S(=O)(=O)N2CCC(C(=O)N3CCN(Cc4ccc5c(c4)OCO5)CC3)CC2)cc1. The van der Waals surface area contributed by atoms with Crippen molar-refractivity contribution in [2.45, 2.75) is 31.2 Å². The van der Waals surface area contributed by atoms with E-state index in [9.17, 15) is 13.2 Å². The first-order chi connectivity index (χ1) is 17.4. The molecule has 2 fully saturated rings. The summed E-state index contributed by atoms with van der Waals surface area (Å²) in [6.45, 7) is 7.21. The number of nitrogens with zero attached hydrogens (tertiary/aromatic N) is 3. The largest absolute Gasteiger partial charge is 0.494 e. The summed E-state index contributed by atoms with van der Waals surface area (Å²) in [5, 5.41) is 0. The molecule has 0 saturated carbocycles. The van der Waals surface area contributed by atoms with Gasteiger partial charge >= 0.3 is 0 Å². The van der Waals surface area contributed by atoms with Crippen LogP contribution in [-0.4, -0.2) is 81.1 Å². The molecule has 0 bridgehead atoms. The van der Waals surface area contributed by atoms with Gasteiger partial charge in [0, 0.05) is 51.7 Å². The average Bonchev–Trinajstić information content (AvgIpc) is 3.37. The second-order valence-corrected chi connectivity index (χ2v) is 11.3. The molecule has 0 aromatic heterocycles. The molecule has 2 saturated heterocycles. The summed E-state index contributed by atoms with van der Waals surface area (Å²) in [6, 6.07) is 12.5. The minimum Gasteiger partial charge on any atom is -0.494 e. The molecule has 3 heterocycles. The number of ether oxygens (including phenoxy) is 3. The van der Waals surface area contributed by atoms with Crippen molar-refractivity contribution < 1.29 is 27.4 Å². The lowest BCUT2D eigenvalue weighted by Gasteiger charge is -2.38. The Balaban J connectivity index is 1.10. The normalized spacial score (nSPS) is 19.4. The van der Waals surface area contributed by atoms with Crippen molar-refractivity contribution in [2.75, 3.05) is 52.7 Å². The number of carbonyl (C=O) groups excluding carboxylic acids is 1. The molecule has 3 aliphatic heterocycles. The van der Waals surface area contributed by atoms with Crippen LogP contribution in [0.4, 0.5) is 0 Å². The number of amides is 1. The lowest BCUT2D eigenvalue weighted by Crippen LogP contribution is -2.51. The van der Waals surface area contributed by atoms with Crippen LogP contribution in [-0.2, 0) is 21.4 Å². The first kappa shape index (κ1) is 24.9. The number of piperazine rings is 1. The van der Waals surface area contributed by atoms with Gasteiger partial charge < -0.3 is 19.1 Å². The topological polar surface area (TPSA) is 88.6 Å². The second kappa shape index (κ2) is 10.7. The molecule has 0 spiro atoms. The average molecular weight is 516 g/mol. The predicted molar refractivity (Wildman–Crippen MR) is 134 cm³/mol. The van der Waals surface area contributed by atoms with Crippen LogP contribution in [0.15, 0.2) is 47.4 Å². The monoisotopic (exact) mass is 515 g/mol. The quantitative estimate of drug-likeness (QED) is 0.560. The summed E-state index contributed by atoms with van der Waals surface area (Å²) >= 11 is 0. The molecule has 0 aliphatic carbocycles. The number of hydrogen-bond acceptors (Lipinski definition) is 7. The number of benzene rings is 2. The van der Waals surface area contributed by atoms with E-state index in [1.807, 2.05) is 24.0 Å². The van der Waals surface area contributed by atoms with Crippen LogP contribution < -0.4 is 14.2 Å². The highest BCUT2D eigenvalue weighted by atomic mass is 32.2. The van der Waals surface area contributed by atoms with Gasteiger partial charge in [0.25, 0.3) is 0 Å². The van der Waals surface area contributed by atoms with E-state index in [-0.39, 0.29) is 23.5 Å². The first-order valence-corrected chi connectivity index (χ1v) is 14.0. The van der Waals surface area contributed by atoms with Crippen LogP contribution >= 0.6 is 0 Å². The van der Waals surface area contributed by atoms with Crippen molar-refractivity contribution in [1.29, 1.82) is 0 Å². The van der Waals surface area contributed by atoms with Crippen LogP contribution in [0.5, 0.6) is 17.2 Å². The number of rotatable bonds is 7. The zero-order chi connectivity index (χ0) is 25.1. The Hall–Kier alpha value is -2.82. The van der Waals surface area contributed by atoms with Gasteiger partial charge in [-0.15, -0.1) is 0 Å². The summed E-state index contributed by atoms with van der Waals surface area (Å²) in [6.07, 6.45) is 1.10. The third kappa shape index (κ3) is 5.30. The highest BCUT2D eigenvalue weighted by Crippen LogP contribution is 2.33. The predicted octanol–water partition coefficient (Wildman–Crippen LogP) is 2.56. The third-order valence-corrected chi connectivity index (χ3v) is 9.02. The Morgan fingerprint density at radius 1 is 0.944 bits per heavy atom. The molecule has 0 unspecified atom stereocenters. The Bertz CT molecular complexity index is 1170. The van der Waals surface area contributed by atoms with Crippen LogP contribution in [0.25, 0.3) is 0 Å². The van der Waals surface area contributed by atoms with E-state index in [4.69, 9.17) is 14.2 Å². The molecule has 0 radical (unpaired) electrons. The fraction of sp³-hybridized carbons (Fsp3) is 0.500. The van der Waals surface area contributed by atoms with Crippen LogP contribution in [0.2, 0.25) is 0 Å². The van der Waals surface area contributed by atoms with Gasteiger partial charge in [0.2, 0.25) is 22.7 Å². The standard InChI is InChI=1S/C26H33N3O6S/c1-2-33-22-4-6-23(7-5-22)36(31,32)29-11-9-21(10-12-29)26(30)28-15-13-27(14-16-28)18-20-3-8-24-25(17-20)35-19-34-24/h3-8,17,21H,2,9-16,18-19H2,1H3. The fourth-order valence-corrected chi connectivity index (χ4v) is 6.52.